The highest BCUT2D eigenvalue weighted by Crippen LogP contribution is 2.07. The van der Waals surface area contributed by atoms with Crippen LogP contribution in [0.1, 0.15) is 32.3 Å². The standard InChI is InChI=1S/C13H20FN/c1-3-9-15-11(2)7-8-12-5-4-6-13(14)10-12/h4-6,10-11,15H,3,7-9H2,1-2H3. The van der Waals surface area contributed by atoms with Gasteiger partial charge in [-0.15, -0.1) is 0 Å². The van der Waals surface area contributed by atoms with Gasteiger partial charge in [0.1, 0.15) is 5.82 Å². The average molecular weight is 209 g/mol. The summed E-state index contributed by atoms with van der Waals surface area (Å²) in [6.07, 6.45) is 3.16. The average Bonchev–Trinajstić information content (AvgIpc) is 2.23. The molecule has 0 aliphatic carbocycles. The van der Waals surface area contributed by atoms with Gasteiger partial charge < -0.3 is 5.32 Å². The topological polar surface area (TPSA) is 12.0 Å². The van der Waals surface area contributed by atoms with Crippen molar-refractivity contribution >= 4 is 0 Å². The molecule has 15 heavy (non-hydrogen) atoms. The summed E-state index contributed by atoms with van der Waals surface area (Å²) in [6.45, 7) is 5.39. The fourth-order valence-corrected chi connectivity index (χ4v) is 1.57. The van der Waals surface area contributed by atoms with E-state index in [-0.39, 0.29) is 5.82 Å². The zero-order chi connectivity index (χ0) is 11.1. The lowest BCUT2D eigenvalue weighted by Crippen LogP contribution is -2.27. The third-order valence-electron chi connectivity index (χ3n) is 2.50. The van der Waals surface area contributed by atoms with E-state index in [2.05, 4.69) is 19.2 Å². The van der Waals surface area contributed by atoms with Crippen LogP contribution in [0.25, 0.3) is 0 Å². The van der Waals surface area contributed by atoms with Crippen LogP contribution in [0.3, 0.4) is 0 Å². The van der Waals surface area contributed by atoms with Gasteiger partial charge in [-0.05, 0) is 50.4 Å². The minimum atomic E-state index is -0.137. The van der Waals surface area contributed by atoms with E-state index in [9.17, 15) is 4.39 Å². The van der Waals surface area contributed by atoms with Crippen molar-refractivity contribution in [2.24, 2.45) is 0 Å². The number of hydrogen-bond acceptors (Lipinski definition) is 1. The molecule has 0 aliphatic heterocycles. The SMILES string of the molecule is CCCNC(C)CCc1cccc(F)c1. The third-order valence-corrected chi connectivity index (χ3v) is 2.50. The molecule has 84 valence electrons. The van der Waals surface area contributed by atoms with Crippen LogP contribution in [0.2, 0.25) is 0 Å². The maximum Gasteiger partial charge on any atom is 0.123 e. The van der Waals surface area contributed by atoms with Crippen LogP contribution in [-0.2, 0) is 6.42 Å². The summed E-state index contributed by atoms with van der Waals surface area (Å²) in [5, 5.41) is 3.42. The number of nitrogens with one attached hydrogen (secondary N) is 1. The van der Waals surface area contributed by atoms with Crippen LogP contribution in [0.15, 0.2) is 24.3 Å². The van der Waals surface area contributed by atoms with Crippen molar-refractivity contribution in [3.05, 3.63) is 35.6 Å². The molecule has 0 aromatic heterocycles. The second-order valence-electron chi connectivity index (χ2n) is 4.02. The minimum absolute atomic E-state index is 0.137. The van der Waals surface area contributed by atoms with Gasteiger partial charge in [0.2, 0.25) is 0 Å². The van der Waals surface area contributed by atoms with Crippen molar-refractivity contribution in [2.75, 3.05) is 6.54 Å². The highest BCUT2D eigenvalue weighted by Gasteiger charge is 2.01. The zero-order valence-corrected chi connectivity index (χ0v) is 9.59. The first kappa shape index (κ1) is 12.2. The Hall–Kier alpha value is -0.890. The van der Waals surface area contributed by atoms with Crippen LogP contribution in [0.4, 0.5) is 4.39 Å². The summed E-state index contributed by atoms with van der Waals surface area (Å²) in [6, 6.07) is 7.37. The monoisotopic (exact) mass is 209 g/mol. The van der Waals surface area contributed by atoms with E-state index in [1.807, 2.05) is 6.07 Å². The number of rotatable bonds is 6. The summed E-state index contributed by atoms with van der Waals surface area (Å²) in [5.74, 6) is -0.137. The Morgan fingerprint density at radius 2 is 2.20 bits per heavy atom. The molecule has 0 amide bonds. The lowest BCUT2D eigenvalue weighted by Gasteiger charge is -2.12. The Labute approximate surface area is 91.7 Å². The predicted octanol–water partition coefficient (Wildman–Crippen LogP) is 3.15. The van der Waals surface area contributed by atoms with E-state index in [4.69, 9.17) is 0 Å². The Morgan fingerprint density at radius 1 is 1.40 bits per heavy atom. The predicted molar refractivity (Wildman–Crippen MR) is 62.5 cm³/mol. The number of benzene rings is 1. The maximum atomic E-state index is 12.9. The third kappa shape index (κ3) is 4.93. The van der Waals surface area contributed by atoms with Gasteiger partial charge in [0, 0.05) is 6.04 Å². The molecule has 0 spiro atoms. The molecule has 0 saturated carbocycles. The molecular weight excluding hydrogens is 189 g/mol. The molecule has 0 radical (unpaired) electrons. The van der Waals surface area contributed by atoms with Gasteiger partial charge in [0.25, 0.3) is 0 Å². The number of halogens is 1. The van der Waals surface area contributed by atoms with Gasteiger partial charge in [0.05, 0.1) is 0 Å². The summed E-state index contributed by atoms with van der Waals surface area (Å²) in [7, 11) is 0. The van der Waals surface area contributed by atoms with E-state index in [1.165, 1.54) is 6.07 Å². The van der Waals surface area contributed by atoms with Crippen molar-refractivity contribution in [1.82, 2.24) is 5.32 Å². The summed E-state index contributed by atoms with van der Waals surface area (Å²) in [4.78, 5) is 0. The summed E-state index contributed by atoms with van der Waals surface area (Å²) < 4.78 is 12.9. The Morgan fingerprint density at radius 3 is 2.87 bits per heavy atom. The molecule has 1 unspecified atom stereocenters. The van der Waals surface area contributed by atoms with Crippen LogP contribution < -0.4 is 5.32 Å². The smallest absolute Gasteiger partial charge is 0.123 e. The molecule has 1 rings (SSSR count). The van der Waals surface area contributed by atoms with E-state index >= 15 is 0 Å². The van der Waals surface area contributed by atoms with Gasteiger partial charge in [-0.2, -0.15) is 0 Å². The van der Waals surface area contributed by atoms with Gasteiger partial charge in [-0.3, -0.25) is 0 Å². The zero-order valence-electron chi connectivity index (χ0n) is 9.59. The molecule has 1 aromatic carbocycles. The lowest BCUT2D eigenvalue weighted by molar-refractivity contribution is 0.513. The van der Waals surface area contributed by atoms with Crippen molar-refractivity contribution in [2.45, 2.75) is 39.2 Å². The quantitative estimate of drug-likeness (QED) is 0.759. The fraction of sp³-hybridized carbons (Fsp3) is 0.538. The molecule has 0 saturated heterocycles. The van der Waals surface area contributed by atoms with Crippen LogP contribution in [0.5, 0.6) is 0 Å². The van der Waals surface area contributed by atoms with Crippen LogP contribution >= 0.6 is 0 Å². The summed E-state index contributed by atoms with van der Waals surface area (Å²) >= 11 is 0. The molecule has 1 aromatic rings. The van der Waals surface area contributed by atoms with Gasteiger partial charge in [0.15, 0.2) is 0 Å². The van der Waals surface area contributed by atoms with Gasteiger partial charge in [-0.1, -0.05) is 19.1 Å². The normalized spacial score (nSPS) is 12.7. The minimum Gasteiger partial charge on any atom is -0.314 e. The maximum absolute atomic E-state index is 12.9. The largest absolute Gasteiger partial charge is 0.314 e. The van der Waals surface area contributed by atoms with E-state index in [0.29, 0.717) is 6.04 Å². The number of hydrogen-bond donors (Lipinski definition) is 1. The fourth-order valence-electron chi connectivity index (χ4n) is 1.57. The van der Waals surface area contributed by atoms with Crippen LogP contribution in [-0.4, -0.2) is 12.6 Å². The summed E-state index contributed by atoms with van der Waals surface area (Å²) in [5.41, 5.74) is 1.08. The second kappa shape index (κ2) is 6.57. The van der Waals surface area contributed by atoms with Gasteiger partial charge in [-0.25, -0.2) is 4.39 Å². The van der Waals surface area contributed by atoms with E-state index < -0.39 is 0 Å². The van der Waals surface area contributed by atoms with Crippen molar-refractivity contribution in [3.8, 4) is 0 Å². The molecule has 2 heteroatoms. The van der Waals surface area contributed by atoms with Crippen molar-refractivity contribution in [1.29, 1.82) is 0 Å². The highest BCUT2D eigenvalue weighted by molar-refractivity contribution is 5.16. The first-order valence-corrected chi connectivity index (χ1v) is 5.70. The van der Waals surface area contributed by atoms with Gasteiger partial charge >= 0.3 is 0 Å². The van der Waals surface area contributed by atoms with Crippen molar-refractivity contribution < 1.29 is 4.39 Å². The molecule has 0 heterocycles. The molecule has 1 N–H and O–H groups in total. The van der Waals surface area contributed by atoms with Crippen LogP contribution in [0, 0.1) is 5.82 Å². The number of aryl methyl sites for hydroxylation is 1. The molecule has 1 nitrogen and oxygen atoms in total. The van der Waals surface area contributed by atoms with E-state index in [1.54, 1.807) is 12.1 Å². The molecular formula is C13H20FN. The van der Waals surface area contributed by atoms with E-state index in [0.717, 1.165) is 31.4 Å². The molecule has 0 bridgehead atoms. The van der Waals surface area contributed by atoms with Crippen molar-refractivity contribution in [3.63, 3.8) is 0 Å². The molecule has 1 atom stereocenters. The lowest BCUT2D eigenvalue weighted by atomic mass is 10.1. The Bertz CT molecular complexity index is 286. The first-order valence-electron chi connectivity index (χ1n) is 5.70. The first-order chi connectivity index (χ1) is 7.22. The Kier molecular flexibility index (Phi) is 5.33. The second-order valence-corrected chi connectivity index (χ2v) is 4.02. The molecule has 0 fully saturated rings. The highest BCUT2D eigenvalue weighted by atomic mass is 19.1. The molecule has 0 aliphatic rings. The Balaban J connectivity index is 2.30.